The molecule has 28 heavy (non-hydrogen) atoms. The van der Waals surface area contributed by atoms with Crippen LogP contribution in [0.5, 0.6) is 5.75 Å². The van der Waals surface area contributed by atoms with Crippen molar-refractivity contribution in [2.75, 3.05) is 39.3 Å². The smallest absolute Gasteiger partial charge is 0.119 e. The molecule has 0 aliphatic carbocycles. The lowest BCUT2D eigenvalue weighted by atomic mass is 9.79. The Balaban J connectivity index is 1.28. The van der Waals surface area contributed by atoms with E-state index in [4.69, 9.17) is 10.00 Å². The molecule has 0 unspecified atom stereocenters. The number of benzene rings is 2. The minimum absolute atomic E-state index is 0.428. The SMILES string of the molecule is N#Cc1cccc(CN2CC[C@@]3(CCCN(CCOc4ccccc4)C3)C2)c1. The van der Waals surface area contributed by atoms with Crippen LogP contribution >= 0.6 is 0 Å². The number of para-hydroxylation sites is 1. The largest absolute Gasteiger partial charge is 0.492 e. The summed E-state index contributed by atoms with van der Waals surface area (Å²) in [4.78, 5) is 5.16. The summed E-state index contributed by atoms with van der Waals surface area (Å²) < 4.78 is 5.90. The molecule has 2 aromatic rings. The summed E-state index contributed by atoms with van der Waals surface area (Å²) in [5, 5.41) is 9.12. The molecule has 2 heterocycles. The van der Waals surface area contributed by atoms with Crippen LogP contribution in [-0.2, 0) is 6.54 Å². The third-order valence-electron chi connectivity index (χ3n) is 6.14. The lowest BCUT2D eigenvalue weighted by molar-refractivity contribution is 0.0805. The Hall–Kier alpha value is -2.35. The second kappa shape index (κ2) is 8.77. The van der Waals surface area contributed by atoms with Crippen molar-refractivity contribution in [3.05, 3.63) is 65.7 Å². The highest BCUT2D eigenvalue weighted by Gasteiger charge is 2.41. The number of nitriles is 1. The van der Waals surface area contributed by atoms with Crippen LogP contribution in [0.3, 0.4) is 0 Å². The number of hydrogen-bond donors (Lipinski definition) is 0. The molecule has 1 spiro atoms. The molecule has 0 N–H and O–H groups in total. The van der Waals surface area contributed by atoms with E-state index in [1.807, 2.05) is 48.5 Å². The molecular formula is C24H29N3O. The summed E-state index contributed by atoms with van der Waals surface area (Å²) in [7, 11) is 0. The minimum Gasteiger partial charge on any atom is -0.492 e. The first-order chi connectivity index (χ1) is 13.7. The lowest BCUT2D eigenvalue weighted by Crippen LogP contribution is -2.46. The molecule has 1 atom stereocenters. The molecule has 2 fully saturated rings. The van der Waals surface area contributed by atoms with E-state index in [9.17, 15) is 0 Å². The van der Waals surface area contributed by atoms with E-state index >= 15 is 0 Å². The standard InChI is InChI=1S/C24H29N3O/c25-17-21-6-4-7-22(16-21)18-27-13-11-24(20-27)10-5-12-26(19-24)14-15-28-23-8-2-1-3-9-23/h1-4,6-9,16H,5,10-15,18-20H2/t24-/m1/s1. The van der Waals surface area contributed by atoms with E-state index in [0.29, 0.717) is 5.41 Å². The molecule has 2 aliphatic rings. The molecule has 2 saturated heterocycles. The predicted molar refractivity (Wildman–Crippen MR) is 111 cm³/mol. The van der Waals surface area contributed by atoms with Crippen molar-refractivity contribution in [3.8, 4) is 11.8 Å². The van der Waals surface area contributed by atoms with E-state index in [2.05, 4.69) is 21.9 Å². The number of ether oxygens (including phenoxy) is 1. The molecule has 0 saturated carbocycles. The Morgan fingerprint density at radius 3 is 2.68 bits per heavy atom. The first kappa shape index (κ1) is 19.0. The monoisotopic (exact) mass is 375 g/mol. The number of piperidine rings is 1. The molecular weight excluding hydrogens is 346 g/mol. The van der Waals surface area contributed by atoms with Crippen molar-refractivity contribution >= 4 is 0 Å². The van der Waals surface area contributed by atoms with Gasteiger partial charge in [0.15, 0.2) is 0 Å². The maximum atomic E-state index is 9.12. The molecule has 4 nitrogen and oxygen atoms in total. The Morgan fingerprint density at radius 2 is 1.82 bits per heavy atom. The Bertz CT molecular complexity index is 816. The summed E-state index contributed by atoms with van der Waals surface area (Å²) in [6, 6.07) is 20.4. The number of hydrogen-bond acceptors (Lipinski definition) is 4. The van der Waals surface area contributed by atoms with Crippen LogP contribution in [0.1, 0.15) is 30.4 Å². The zero-order valence-electron chi connectivity index (χ0n) is 16.5. The molecule has 4 heteroatoms. The summed E-state index contributed by atoms with van der Waals surface area (Å²) in [6.07, 6.45) is 3.89. The van der Waals surface area contributed by atoms with Gasteiger partial charge >= 0.3 is 0 Å². The quantitative estimate of drug-likeness (QED) is 0.767. The third kappa shape index (κ3) is 4.73. The van der Waals surface area contributed by atoms with Gasteiger partial charge in [-0.15, -0.1) is 0 Å². The van der Waals surface area contributed by atoms with Crippen LogP contribution < -0.4 is 4.74 Å². The normalized spacial score (nSPS) is 23.0. The van der Waals surface area contributed by atoms with Crippen LogP contribution in [0.2, 0.25) is 0 Å². The highest BCUT2D eigenvalue weighted by molar-refractivity contribution is 5.32. The summed E-state index contributed by atoms with van der Waals surface area (Å²) >= 11 is 0. The van der Waals surface area contributed by atoms with Crippen LogP contribution in [0.15, 0.2) is 54.6 Å². The fourth-order valence-corrected chi connectivity index (χ4v) is 4.80. The van der Waals surface area contributed by atoms with Crippen LogP contribution in [-0.4, -0.2) is 49.1 Å². The molecule has 2 aliphatic heterocycles. The van der Waals surface area contributed by atoms with E-state index in [1.54, 1.807) is 0 Å². The molecule has 0 radical (unpaired) electrons. The minimum atomic E-state index is 0.428. The average Bonchev–Trinajstić information content (AvgIpc) is 3.10. The topological polar surface area (TPSA) is 39.5 Å². The molecule has 0 aromatic heterocycles. The van der Waals surface area contributed by atoms with Crippen LogP contribution in [0.25, 0.3) is 0 Å². The maximum Gasteiger partial charge on any atom is 0.119 e. The van der Waals surface area contributed by atoms with Gasteiger partial charge in [0, 0.05) is 26.2 Å². The van der Waals surface area contributed by atoms with Gasteiger partial charge in [0.05, 0.1) is 11.6 Å². The van der Waals surface area contributed by atoms with E-state index in [0.717, 1.165) is 37.6 Å². The molecule has 2 aromatic carbocycles. The van der Waals surface area contributed by atoms with Crippen molar-refractivity contribution in [2.24, 2.45) is 5.41 Å². The summed E-state index contributed by atoms with van der Waals surface area (Å²) in [5.74, 6) is 0.959. The summed E-state index contributed by atoms with van der Waals surface area (Å²) in [5.41, 5.74) is 2.44. The maximum absolute atomic E-state index is 9.12. The first-order valence-electron chi connectivity index (χ1n) is 10.4. The Labute approximate surface area is 168 Å². The van der Waals surface area contributed by atoms with Gasteiger partial charge in [0.25, 0.3) is 0 Å². The summed E-state index contributed by atoms with van der Waals surface area (Å²) in [6.45, 7) is 7.40. The van der Waals surface area contributed by atoms with Crippen molar-refractivity contribution in [1.82, 2.24) is 9.80 Å². The van der Waals surface area contributed by atoms with Gasteiger partial charge in [-0.25, -0.2) is 0 Å². The van der Waals surface area contributed by atoms with Gasteiger partial charge in [-0.05, 0) is 67.6 Å². The van der Waals surface area contributed by atoms with Gasteiger partial charge in [0.1, 0.15) is 12.4 Å². The van der Waals surface area contributed by atoms with Crippen LogP contribution in [0.4, 0.5) is 0 Å². The van der Waals surface area contributed by atoms with Crippen molar-refractivity contribution in [1.29, 1.82) is 5.26 Å². The first-order valence-corrected chi connectivity index (χ1v) is 10.4. The van der Waals surface area contributed by atoms with Crippen molar-refractivity contribution in [3.63, 3.8) is 0 Å². The van der Waals surface area contributed by atoms with Gasteiger partial charge in [0.2, 0.25) is 0 Å². The fourth-order valence-electron chi connectivity index (χ4n) is 4.80. The Morgan fingerprint density at radius 1 is 0.964 bits per heavy atom. The highest BCUT2D eigenvalue weighted by Crippen LogP contribution is 2.39. The lowest BCUT2D eigenvalue weighted by Gasteiger charge is -2.40. The van der Waals surface area contributed by atoms with E-state index in [-0.39, 0.29) is 0 Å². The van der Waals surface area contributed by atoms with Gasteiger partial charge in [-0.3, -0.25) is 9.80 Å². The van der Waals surface area contributed by atoms with Gasteiger partial charge in [-0.1, -0.05) is 30.3 Å². The zero-order valence-corrected chi connectivity index (χ0v) is 16.5. The van der Waals surface area contributed by atoms with E-state index < -0.39 is 0 Å². The molecule has 0 bridgehead atoms. The van der Waals surface area contributed by atoms with E-state index in [1.165, 1.54) is 44.5 Å². The molecule has 146 valence electrons. The highest BCUT2D eigenvalue weighted by atomic mass is 16.5. The molecule has 0 amide bonds. The number of likely N-dealkylation sites (tertiary alicyclic amines) is 2. The number of rotatable bonds is 6. The van der Waals surface area contributed by atoms with Crippen molar-refractivity contribution in [2.45, 2.75) is 25.8 Å². The molecule has 4 rings (SSSR count). The fraction of sp³-hybridized carbons (Fsp3) is 0.458. The second-order valence-corrected chi connectivity index (χ2v) is 8.31. The zero-order chi connectivity index (χ0) is 19.2. The predicted octanol–water partition coefficient (Wildman–Crippen LogP) is 3.93. The van der Waals surface area contributed by atoms with Crippen LogP contribution in [0, 0.1) is 16.7 Å². The average molecular weight is 376 g/mol. The van der Waals surface area contributed by atoms with Gasteiger partial charge in [-0.2, -0.15) is 5.26 Å². The van der Waals surface area contributed by atoms with Gasteiger partial charge < -0.3 is 4.74 Å². The van der Waals surface area contributed by atoms with Crippen molar-refractivity contribution < 1.29 is 4.74 Å². The number of nitrogens with zero attached hydrogens (tertiary/aromatic N) is 3. The second-order valence-electron chi connectivity index (χ2n) is 8.31. The Kier molecular flexibility index (Phi) is 5.95. The third-order valence-corrected chi connectivity index (χ3v) is 6.14.